The Balaban J connectivity index is 2.00. The first-order valence-corrected chi connectivity index (χ1v) is 7.05. The molecule has 108 valence electrons. The molecule has 1 aliphatic rings. The van der Waals surface area contributed by atoms with Crippen LogP contribution < -0.4 is 10.6 Å². The molecule has 2 N–H and O–H groups in total. The van der Waals surface area contributed by atoms with Gasteiger partial charge in [-0.1, -0.05) is 35.4 Å². The summed E-state index contributed by atoms with van der Waals surface area (Å²) in [5.74, 6) is 0.0989. The van der Waals surface area contributed by atoms with Gasteiger partial charge in [-0.3, -0.25) is 4.99 Å². The van der Waals surface area contributed by atoms with E-state index in [4.69, 9.17) is 17.3 Å². The molecule has 0 aromatic heterocycles. The Labute approximate surface area is 127 Å². The molecule has 2 aromatic carbocycles. The Morgan fingerprint density at radius 2 is 1.95 bits per heavy atom. The van der Waals surface area contributed by atoms with Gasteiger partial charge in [0.25, 0.3) is 0 Å². The summed E-state index contributed by atoms with van der Waals surface area (Å²) in [6, 6.07) is 12.3. The van der Waals surface area contributed by atoms with Crippen LogP contribution in [-0.2, 0) is 0 Å². The highest BCUT2D eigenvalue weighted by molar-refractivity contribution is 6.31. The third kappa shape index (κ3) is 2.59. The Morgan fingerprint density at radius 3 is 2.62 bits per heavy atom. The van der Waals surface area contributed by atoms with E-state index in [9.17, 15) is 4.39 Å². The zero-order valence-electron chi connectivity index (χ0n) is 11.6. The second kappa shape index (κ2) is 5.37. The molecule has 0 saturated carbocycles. The van der Waals surface area contributed by atoms with Crippen molar-refractivity contribution < 1.29 is 4.39 Å². The summed E-state index contributed by atoms with van der Waals surface area (Å²) in [6.45, 7) is 2.53. The van der Waals surface area contributed by atoms with E-state index >= 15 is 0 Å². The van der Waals surface area contributed by atoms with Crippen LogP contribution in [0.2, 0.25) is 5.02 Å². The molecule has 21 heavy (non-hydrogen) atoms. The van der Waals surface area contributed by atoms with Crippen molar-refractivity contribution in [2.75, 3.05) is 11.4 Å². The third-order valence-corrected chi connectivity index (χ3v) is 3.95. The molecule has 1 heterocycles. The van der Waals surface area contributed by atoms with Gasteiger partial charge in [0.15, 0.2) is 5.96 Å². The van der Waals surface area contributed by atoms with Gasteiger partial charge in [0.1, 0.15) is 5.82 Å². The number of rotatable bonds is 2. The Kier molecular flexibility index (Phi) is 3.55. The van der Waals surface area contributed by atoms with Crippen LogP contribution in [-0.4, -0.2) is 12.5 Å². The lowest BCUT2D eigenvalue weighted by Crippen LogP contribution is -2.36. The molecule has 3 rings (SSSR count). The van der Waals surface area contributed by atoms with Crippen molar-refractivity contribution in [1.82, 2.24) is 0 Å². The van der Waals surface area contributed by atoms with Gasteiger partial charge in [0.05, 0.1) is 12.6 Å². The van der Waals surface area contributed by atoms with Crippen molar-refractivity contribution in [1.29, 1.82) is 0 Å². The maximum absolute atomic E-state index is 13.2. The SMILES string of the molecule is Cc1ccc(N2C(N)=NCC2c2ccc(F)cc2Cl)cc1. The lowest BCUT2D eigenvalue weighted by atomic mass is 10.1. The Bertz CT molecular complexity index is 697. The van der Waals surface area contributed by atoms with Crippen LogP contribution in [0.3, 0.4) is 0 Å². The number of nitrogens with two attached hydrogens (primary N) is 1. The number of halogens is 2. The van der Waals surface area contributed by atoms with Gasteiger partial charge in [0, 0.05) is 10.7 Å². The summed E-state index contributed by atoms with van der Waals surface area (Å²) < 4.78 is 13.2. The minimum atomic E-state index is -0.350. The number of hydrogen-bond acceptors (Lipinski definition) is 3. The molecule has 1 aliphatic heterocycles. The van der Waals surface area contributed by atoms with Crippen molar-refractivity contribution in [2.45, 2.75) is 13.0 Å². The fourth-order valence-corrected chi connectivity index (χ4v) is 2.82. The average Bonchev–Trinajstić information content (AvgIpc) is 2.82. The topological polar surface area (TPSA) is 41.6 Å². The quantitative estimate of drug-likeness (QED) is 0.920. The first-order valence-electron chi connectivity index (χ1n) is 6.67. The van der Waals surface area contributed by atoms with Crippen LogP contribution >= 0.6 is 11.6 Å². The van der Waals surface area contributed by atoms with E-state index in [1.807, 2.05) is 36.1 Å². The standard InChI is InChI=1S/C16H15ClFN3/c1-10-2-5-12(6-3-10)21-15(9-20-16(21)19)13-7-4-11(18)8-14(13)17/h2-8,15H,9H2,1H3,(H2,19,20). The summed E-state index contributed by atoms with van der Waals surface area (Å²) in [7, 11) is 0. The van der Waals surface area contributed by atoms with Gasteiger partial charge in [0.2, 0.25) is 0 Å². The lowest BCUT2D eigenvalue weighted by molar-refractivity contribution is 0.625. The maximum atomic E-state index is 13.2. The van der Waals surface area contributed by atoms with E-state index in [0.29, 0.717) is 17.5 Å². The van der Waals surface area contributed by atoms with Crippen LogP contribution in [0.15, 0.2) is 47.5 Å². The van der Waals surface area contributed by atoms with E-state index in [1.165, 1.54) is 17.7 Å². The van der Waals surface area contributed by atoms with E-state index < -0.39 is 0 Å². The van der Waals surface area contributed by atoms with Crippen LogP contribution in [0, 0.1) is 12.7 Å². The molecule has 3 nitrogen and oxygen atoms in total. The molecule has 0 radical (unpaired) electrons. The number of guanidine groups is 1. The molecular formula is C16H15ClFN3. The molecule has 0 spiro atoms. The van der Waals surface area contributed by atoms with Crippen molar-refractivity contribution in [2.24, 2.45) is 10.7 Å². The summed E-state index contributed by atoms with van der Waals surface area (Å²) in [6.07, 6.45) is 0. The molecular weight excluding hydrogens is 289 g/mol. The molecule has 5 heteroatoms. The van der Waals surface area contributed by atoms with Gasteiger partial charge < -0.3 is 10.6 Å². The van der Waals surface area contributed by atoms with E-state index in [-0.39, 0.29) is 11.9 Å². The second-order valence-electron chi connectivity index (χ2n) is 5.09. The predicted octanol–water partition coefficient (Wildman–Crippen LogP) is 3.66. The molecule has 1 atom stereocenters. The van der Waals surface area contributed by atoms with Gasteiger partial charge in [-0.2, -0.15) is 0 Å². The second-order valence-corrected chi connectivity index (χ2v) is 5.49. The molecule has 2 aromatic rings. The van der Waals surface area contributed by atoms with Gasteiger partial charge in [-0.05, 0) is 36.8 Å². The van der Waals surface area contributed by atoms with Gasteiger partial charge in [-0.25, -0.2) is 4.39 Å². The van der Waals surface area contributed by atoms with Crippen LogP contribution in [0.1, 0.15) is 17.2 Å². The first kappa shape index (κ1) is 13.9. The fourth-order valence-electron chi connectivity index (χ4n) is 2.52. The van der Waals surface area contributed by atoms with Crippen molar-refractivity contribution in [3.63, 3.8) is 0 Å². The summed E-state index contributed by atoms with van der Waals surface area (Å²) in [5, 5.41) is 0.391. The molecule has 0 saturated heterocycles. The van der Waals surface area contributed by atoms with Crippen molar-refractivity contribution in [3.05, 3.63) is 64.4 Å². The molecule has 0 aliphatic carbocycles. The number of hydrogen-bond donors (Lipinski definition) is 1. The van der Waals surface area contributed by atoms with Gasteiger partial charge in [-0.15, -0.1) is 0 Å². The summed E-state index contributed by atoms with van der Waals surface area (Å²) in [5.41, 5.74) is 8.96. The maximum Gasteiger partial charge on any atom is 0.196 e. The predicted molar refractivity (Wildman–Crippen MR) is 84.3 cm³/mol. The highest BCUT2D eigenvalue weighted by atomic mass is 35.5. The molecule has 0 bridgehead atoms. The summed E-state index contributed by atoms with van der Waals surface area (Å²) >= 11 is 6.18. The van der Waals surface area contributed by atoms with E-state index in [0.717, 1.165) is 11.3 Å². The minimum Gasteiger partial charge on any atom is -0.369 e. The minimum absolute atomic E-state index is 0.110. The lowest BCUT2D eigenvalue weighted by Gasteiger charge is -2.27. The van der Waals surface area contributed by atoms with Crippen LogP contribution in [0.5, 0.6) is 0 Å². The highest BCUT2D eigenvalue weighted by Gasteiger charge is 2.30. The fraction of sp³-hybridized carbons (Fsp3) is 0.188. The zero-order chi connectivity index (χ0) is 15.0. The number of anilines is 1. The number of aryl methyl sites for hydroxylation is 1. The smallest absolute Gasteiger partial charge is 0.196 e. The normalized spacial score (nSPS) is 18.0. The zero-order valence-corrected chi connectivity index (χ0v) is 12.3. The number of aliphatic imine (C=N–C) groups is 1. The Morgan fingerprint density at radius 1 is 1.24 bits per heavy atom. The number of benzene rings is 2. The molecule has 0 fully saturated rings. The molecule has 0 amide bonds. The largest absolute Gasteiger partial charge is 0.369 e. The monoisotopic (exact) mass is 303 g/mol. The van der Waals surface area contributed by atoms with Crippen LogP contribution in [0.25, 0.3) is 0 Å². The van der Waals surface area contributed by atoms with E-state index in [2.05, 4.69) is 4.99 Å². The number of nitrogens with zero attached hydrogens (tertiary/aromatic N) is 2. The Hall–Kier alpha value is -2.07. The molecule has 1 unspecified atom stereocenters. The van der Waals surface area contributed by atoms with Crippen molar-refractivity contribution in [3.8, 4) is 0 Å². The van der Waals surface area contributed by atoms with Gasteiger partial charge >= 0.3 is 0 Å². The van der Waals surface area contributed by atoms with Crippen LogP contribution in [0.4, 0.5) is 10.1 Å². The van der Waals surface area contributed by atoms with Crippen molar-refractivity contribution >= 4 is 23.2 Å². The third-order valence-electron chi connectivity index (χ3n) is 3.62. The highest BCUT2D eigenvalue weighted by Crippen LogP contribution is 2.34. The first-order chi connectivity index (χ1) is 10.1. The average molecular weight is 304 g/mol. The summed E-state index contributed by atoms with van der Waals surface area (Å²) in [4.78, 5) is 6.23. The van der Waals surface area contributed by atoms with E-state index in [1.54, 1.807) is 6.07 Å².